The Kier molecular flexibility index (Phi) is 8.02. The predicted molar refractivity (Wildman–Crippen MR) is 62.9 cm³/mol. The summed E-state index contributed by atoms with van der Waals surface area (Å²) < 4.78 is 0.616. The van der Waals surface area contributed by atoms with Crippen molar-refractivity contribution < 1.29 is 0 Å². The van der Waals surface area contributed by atoms with Crippen LogP contribution in [0.4, 0.5) is 0 Å². The minimum atomic E-state index is 0.616. The second-order valence-corrected chi connectivity index (χ2v) is 4.26. The van der Waals surface area contributed by atoms with E-state index in [-0.39, 0.29) is 0 Å². The zero-order valence-corrected chi connectivity index (χ0v) is 9.68. The van der Waals surface area contributed by atoms with Crippen LogP contribution in [0.2, 0.25) is 0 Å². The quantitative estimate of drug-likeness (QED) is 0.511. The maximum absolute atomic E-state index is 4.83. The van der Waals surface area contributed by atoms with Crippen molar-refractivity contribution in [3.63, 3.8) is 0 Å². The van der Waals surface area contributed by atoms with Crippen LogP contribution in [0.25, 0.3) is 0 Å². The van der Waals surface area contributed by atoms with Crippen molar-refractivity contribution in [3.8, 4) is 0 Å². The molecule has 0 heterocycles. The molecule has 0 amide bonds. The van der Waals surface area contributed by atoms with Crippen LogP contribution < -0.4 is 5.32 Å². The Bertz CT molecular complexity index is 126. The highest BCUT2D eigenvalue weighted by molar-refractivity contribution is 8.11. The number of hydrogen-bond donors (Lipinski definition) is 2. The molecule has 1 atom stereocenters. The summed E-state index contributed by atoms with van der Waals surface area (Å²) in [7, 11) is 0. The molecule has 0 radical (unpaired) electrons. The highest BCUT2D eigenvalue weighted by atomic mass is 32.1. The first-order valence-electron chi connectivity index (χ1n) is 4.67. The third-order valence-corrected chi connectivity index (χ3v) is 2.39. The van der Waals surface area contributed by atoms with Crippen molar-refractivity contribution in [1.29, 1.82) is 0 Å². The van der Waals surface area contributed by atoms with Crippen molar-refractivity contribution in [2.24, 2.45) is 5.92 Å². The van der Waals surface area contributed by atoms with E-state index in [1.165, 1.54) is 25.7 Å². The first kappa shape index (κ1) is 12.2. The van der Waals surface area contributed by atoms with E-state index in [9.17, 15) is 0 Å². The molecule has 0 saturated carbocycles. The molecule has 1 N–H and O–H groups in total. The molecule has 0 saturated heterocycles. The second kappa shape index (κ2) is 7.87. The van der Waals surface area contributed by atoms with Crippen LogP contribution >= 0.6 is 24.8 Å². The lowest BCUT2D eigenvalue weighted by Crippen LogP contribution is -2.24. The van der Waals surface area contributed by atoms with E-state index in [0.29, 0.717) is 4.32 Å². The van der Waals surface area contributed by atoms with Crippen molar-refractivity contribution >= 4 is 29.2 Å². The molecule has 0 aromatic heterocycles. The van der Waals surface area contributed by atoms with E-state index in [1.54, 1.807) is 0 Å². The van der Waals surface area contributed by atoms with Gasteiger partial charge in [0, 0.05) is 6.54 Å². The summed E-state index contributed by atoms with van der Waals surface area (Å²) in [6, 6.07) is 0. The molecular formula is C9H19NS2. The van der Waals surface area contributed by atoms with Gasteiger partial charge in [0.05, 0.1) is 0 Å². The SMILES string of the molecule is CCCCC(CC)CNC(=S)S. The van der Waals surface area contributed by atoms with Crippen molar-refractivity contribution in [1.82, 2.24) is 5.32 Å². The van der Waals surface area contributed by atoms with Crippen LogP contribution in [0.1, 0.15) is 39.5 Å². The summed E-state index contributed by atoms with van der Waals surface area (Å²) in [5.74, 6) is 0.759. The highest BCUT2D eigenvalue weighted by Gasteiger charge is 2.04. The molecule has 3 heteroatoms. The van der Waals surface area contributed by atoms with E-state index in [0.717, 1.165) is 12.5 Å². The lowest BCUT2D eigenvalue weighted by molar-refractivity contribution is 0.447. The Labute approximate surface area is 86.7 Å². The van der Waals surface area contributed by atoms with Gasteiger partial charge in [-0.25, -0.2) is 0 Å². The summed E-state index contributed by atoms with van der Waals surface area (Å²) in [6.07, 6.45) is 5.13. The molecule has 1 nitrogen and oxygen atoms in total. The van der Waals surface area contributed by atoms with Gasteiger partial charge >= 0.3 is 0 Å². The Balaban J connectivity index is 3.45. The van der Waals surface area contributed by atoms with Crippen molar-refractivity contribution in [3.05, 3.63) is 0 Å². The normalized spacial score (nSPS) is 12.6. The molecule has 0 spiro atoms. The highest BCUT2D eigenvalue weighted by Crippen LogP contribution is 2.11. The van der Waals surface area contributed by atoms with E-state index < -0.39 is 0 Å². The van der Waals surface area contributed by atoms with Crippen LogP contribution in [0.15, 0.2) is 0 Å². The fourth-order valence-corrected chi connectivity index (χ4v) is 1.35. The van der Waals surface area contributed by atoms with Crippen LogP contribution in [-0.4, -0.2) is 10.9 Å². The minimum absolute atomic E-state index is 0.616. The zero-order chi connectivity index (χ0) is 9.40. The number of nitrogens with one attached hydrogen (secondary N) is 1. The van der Waals surface area contributed by atoms with Gasteiger partial charge in [0.2, 0.25) is 0 Å². The number of hydrogen-bond acceptors (Lipinski definition) is 1. The van der Waals surface area contributed by atoms with Gasteiger partial charge in [0.1, 0.15) is 4.32 Å². The van der Waals surface area contributed by atoms with Crippen LogP contribution in [0.5, 0.6) is 0 Å². The fourth-order valence-electron chi connectivity index (χ4n) is 1.17. The van der Waals surface area contributed by atoms with E-state index in [4.69, 9.17) is 12.2 Å². The summed E-state index contributed by atoms with van der Waals surface area (Å²) in [5.41, 5.74) is 0. The standard InChI is InChI=1S/C9H19NS2/c1-3-5-6-8(4-2)7-10-9(11)12/h8H,3-7H2,1-2H3,(H2,10,11,12). The van der Waals surface area contributed by atoms with Gasteiger partial charge in [-0.15, -0.1) is 12.6 Å². The van der Waals surface area contributed by atoms with E-state index >= 15 is 0 Å². The third-order valence-electron chi connectivity index (χ3n) is 2.09. The van der Waals surface area contributed by atoms with E-state index in [2.05, 4.69) is 31.8 Å². The van der Waals surface area contributed by atoms with Crippen molar-refractivity contribution in [2.75, 3.05) is 6.54 Å². The first-order chi connectivity index (χ1) is 5.70. The Morgan fingerprint density at radius 2 is 2.17 bits per heavy atom. The first-order valence-corrected chi connectivity index (χ1v) is 5.53. The molecule has 1 unspecified atom stereocenters. The minimum Gasteiger partial charge on any atom is -0.371 e. The summed E-state index contributed by atoms with van der Waals surface area (Å²) in [5, 5.41) is 3.10. The van der Waals surface area contributed by atoms with Gasteiger partial charge in [-0.2, -0.15) is 0 Å². The fraction of sp³-hybridized carbons (Fsp3) is 0.889. The number of thiol groups is 1. The molecule has 0 aromatic carbocycles. The average molecular weight is 205 g/mol. The zero-order valence-electron chi connectivity index (χ0n) is 7.97. The third kappa shape index (κ3) is 6.92. The maximum Gasteiger partial charge on any atom is 0.130 e. The van der Waals surface area contributed by atoms with Gasteiger partial charge < -0.3 is 5.32 Å². The lowest BCUT2D eigenvalue weighted by atomic mass is 10.00. The van der Waals surface area contributed by atoms with Crippen LogP contribution in [-0.2, 0) is 0 Å². The molecule has 0 aliphatic carbocycles. The molecule has 0 fully saturated rings. The van der Waals surface area contributed by atoms with Crippen LogP contribution in [0.3, 0.4) is 0 Å². The topological polar surface area (TPSA) is 12.0 Å². The molecule has 12 heavy (non-hydrogen) atoms. The largest absolute Gasteiger partial charge is 0.371 e. The lowest BCUT2D eigenvalue weighted by Gasteiger charge is -2.14. The Morgan fingerprint density at radius 3 is 2.58 bits per heavy atom. The monoisotopic (exact) mass is 205 g/mol. The number of unbranched alkanes of at least 4 members (excludes halogenated alkanes) is 1. The summed E-state index contributed by atoms with van der Waals surface area (Å²) in [6.45, 7) is 5.44. The van der Waals surface area contributed by atoms with Crippen molar-refractivity contribution in [2.45, 2.75) is 39.5 Å². The predicted octanol–water partition coefficient (Wildman–Crippen LogP) is 3.01. The summed E-state index contributed by atoms with van der Waals surface area (Å²) in [4.78, 5) is 0. The molecule has 0 bridgehead atoms. The maximum atomic E-state index is 4.83. The smallest absolute Gasteiger partial charge is 0.130 e. The van der Waals surface area contributed by atoms with Gasteiger partial charge in [-0.1, -0.05) is 45.3 Å². The number of rotatable bonds is 6. The Morgan fingerprint density at radius 1 is 1.50 bits per heavy atom. The second-order valence-electron chi connectivity index (χ2n) is 3.10. The van der Waals surface area contributed by atoms with Gasteiger partial charge in [-0.05, 0) is 12.3 Å². The molecule has 0 rings (SSSR count). The van der Waals surface area contributed by atoms with Crippen LogP contribution in [0, 0.1) is 5.92 Å². The van der Waals surface area contributed by atoms with E-state index in [1.807, 2.05) is 0 Å². The molecule has 72 valence electrons. The molecule has 0 aliphatic heterocycles. The Hall–Kier alpha value is 0.240. The molecule has 0 aromatic rings. The summed E-state index contributed by atoms with van der Waals surface area (Å²) >= 11 is 8.85. The average Bonchev–Trinajstić information content (AvgIpc) is 2.05. The van der Waals surface area contributed by atoms with Gasteiger partial charge in [0.25, 0.3) is 0 Å². The van der Waals surface area contributed by atoms with Gasteiger partial charge in [-0.3, -0.25) is 0 Å². The number of thiocarbonyl (C=S) groups is 1. The molecule has 0 aliphatic rings. The molecular weight excluding hydrogens is 186 g/mol. The van der Waals surface area contributed by atoms with Gasteiger partial charge in [0.15, 0.2) is 0 Å².